The van der Waals surface area contributed by atoms with E-state index in [0.717, 1.165) is 34.2 Å². The molecule has 1 N–H and O–H groups in total. The number of fused-ring (bicyclic) bond motifs is 1. The van der Waals surface area contributed by atoms with Crippen LogP contribution in [0.4, 0.5) is 5.82 Å². The van der Waals surface area contributed by atoms with Gasteiger partial charge in [0, 0.05) is 18.3 Å². The van der Waals surface area contributed by atoms with E-state index in [1.807, 2.05) is 42.6 Å². The van der Waals surface area contributed by atoms with Crippen LogP contribution in [-0.2, 0) is 6.54 Å². The van der Waals surface area contributed by atoms with Gasteiger partial charge in [-0.15, -0.1) is 0 Å². The molecular formula is C19H23N3O2. The fourth-order valence-electron chi connectivity index (χ4n) is 2.86. The molecule has 0 atom stereocenters. The highest BCUT2D eigenvalue weighted by Crippen LogP contribution is 2.32. The molecule has 0 spiro atoms. The quantitative estimate of drug-likeness (QED) is 0.741. The normalized spacial score (nSPS) is 11.0. The van der Waals surface area contributed by atoms with E-state index >= 15 is 0 Å². The van der Waals surface area contributed by atoms with E-state index in [4.69, 9.17) is 14.5 Å². The number of anilines is 1. The molecule has 0 bridgehead atoms. The number of para-hydroxylation sites is 1. The first-order chi connectivity index (χ1) is 11.7. The first-order valence-electron chi connectivity index (χ1n) is 8.06. The molecule has 0 aliphatic rings. The summed E-state index contributed by atoms with van der Waals surface area (Å²) in [6.07, 6.45) is 2.03. The summed E-state index contributed by atoms with van der Waals surface area (Å²) in [7, 11) is 3.31. The standard InChI is InChI=1S/C19H23N3O2/c1-13(2)17-19(22-11-6-5-10-16(22)21-17)20-12-14-8-7-9-15(23-3)18(14)24-4/h5-11,13,20H,12H2,1-4H3. The van der Waals surface area contributed by atoms with E-state index in [0.29, 0.717) is 12.5 Å². The predicted octanol–water partition coefficient (Wildman–Crippen LogP) is 4.09. The molecule has 0 aliphatic heterocycles. The summed E-state index contributed by atoms with van der Waals surface area (Å²) in [5, 5.41) is 3.52. The fraction of sp³-hybridized carbons (Fsp3) is 0.316. The van der Waals surface area contributed by atoms with Crippen molar-refractivity contribution in [1.29, 1.82) is 0 Å². The second-order valence-electron chi connectivity index (χ2n) is 5.94. The average Bonchev–Trinajstić information content (AvgIpc) is 2.98. The van der Waals surface area contributed by atoms with E-state index in [-0.39, 0.29) is 0 Å². The van der Waals surface area contributed by atoms with Crippen molar-refractivity contribution >= 4 is 11.5 Å². The summed E-state index contributed by atoms with van der Waals surface area (Å²) in [5.74, 6) is 2.84. The minimum atomic E-state index is 0.333. The number of hydrogen-bond acceptors (Lipinski definition) is 4. The Bertz CT molecular complexity index is 840. The van der Waals surface area contributed by atoms with Crippen molar-refractivity contribution in [3.05, 3.63) is 53.9 Å². The van der Waals surface area contributed by atoms with Crippen LogP contribution in [0.15, 0.2) is 42.6 Å². The van der Waals surface area contributed by atoms with Crippen molar-refractivity contribution in [3.63, 3.8) is 0 Å². The molecule has 0 fully saturated rings. The van der Waals surface area contributed by atoms with E-state index in [1.54, 1.807) is 14.2 Å². The van der Waals surface area contributed by atoms with Crippen LogP contribution in [0, 0.1) is 0 Å². The van der Waals surface area contributed by atoms with Gasteiger partial charge in [-0.25, -0.2) is 4.98 Å². The number of aromatic nitrogens is 2. The van der Waals surface area contributed by atoms with Crippen molar-refractivity contribution < 1.29 is 9.47 Å². The monoisotopic (exact) mass is 325 g/mol. The number of nitrogens with one attached hydrogen (secondary N) is 1. The summed E-state index contributed by atoms with van der Waals surface area (Å²) in [6, 6.07) is 11.9. The zero-order chi connectivity index (χ0) is 17.1. The Labute approximate surface area is 142 Å². The van der Waals surface area contributed by atoms with E-state index in [1.165, 1.54) is 0 Å². The van der Waals surface area contributed by atoms with E-state index in [9.17, 15) is 0 Å². The van der Waals surface area contributed by atoms with Gasteiger partial charge in [0.1, 0.15) is 11.5 Å². The third-order valence-corrected chi connectivity index (χ3v) is 4.03. The predicted molar refractivity (Wildman–Crippen MR) is 96.2 cm³/mol. The number of rotatable bonds is 6. The van der Waals surface area contributed by atoms with Gasteiger partial charge in [0.15, 0.2) is 11.5 Å². The van der Waals surface area contributed by atoms with Gasteiger partial charge < -0.3 is 14.8 Å². The molecule has 5 heteroatoms. The second-order valence-corrected chi connectivity index (χ2v) is 5.94. The maximum Gasteiger partial charge on any atom is 0.165 e. The number of nitrogens with zero attached hydrogens (tertiary/aromatic N) is 2. The molecule has 0 aliphatic carbocycles. The maximum atomic E-state index is 5.52. The Balaban J connectivity index is 1.95. The number of imidazole rings is 1. The van der Waals surface area contributed by atoms with Gasteiger partial charge in [-0.05, 0) is 24.1 Å². The van der Waals surface area contributed by atoms with Crippen molar-refractivity contribution in [2.75, 3.05) is 19.5 Å². The summed E-state index contributed by atoms with van der Waals surface area (Å²) in [6.45, 7) is 4.93. The van der Waals surface area contributed by atoms with Crippen LogP contribution in [0.2, 0.25) is 0 Å². The molecule has 3 aromatic rings. The fourth-order valence-corrected chi connectivity index (χ4v) is 2.86. The van der Waals surface area contributed by atoms with Gasteiger partial charge in [-0.1, -0.05) is 32.0 Å². The molecule has 0 amide bonds. The number of benzene rings is 1. The van der Waals surface area contributed by atoms with Crippen molar-refractivity contribution in [1.82, 2.24) is 9.38 Å². The van der Waals surface area contributed by atoms with Gasteiger partial charge in [0.2, 0.25) is 0 Å². The zero-order valence-corrected chi connectivity index (χ0v) is 14.5. The third-order valence-electron chi connectivity index (χ3n) is 4.03. The van der Waals surface area contributed by atoms with Crippen LogP contribution in [0.25, 0.3) is 5.65 Å². The molecule has 0 unspecified atom stereocenters. The Hall–Kier alpha value is -2.69. The smallest absolute Gasteiger partial charge is 0.165 e. The second kappa shape index (κ2) is 6.83. The highest BCUT2D eigenvalue weighted by Gasteiger charge is 2.16. The van der Waals surface area contributed by atoms with E-state index in [2.05, 4.69) is 23.6 Å². The Kier molecular flexibility index (Phi) is 4.60. The van der Waals surface area contributed by atoms with Crippen LogP contribution in [0.5, 0.6) is 11.5 Å². The minimum Gasteiger partial charge on any atom is -0.493 e. The summed E-state index contributed by atoms with van der Waals surface area (Å²) in [5.41, 5.74) is 3.04. The largest absolute Gasteiger partial charge is 0.493 e. The van der Waals surface area contributed by atoms with E-state index < -0.39 is 0 Å². The van der Waals surface area contributed by atoms with Gasteiger partial charge in [0.25, 0.3) is 0 Å². The molecule has 3 rings (SSSR count). The lowest BCUT2D eigenvalue weighted by atomic mass is 10.1. The highest BCUT2D eigenvalue weighted by atomic mass is 16.5. The van der Waals surface area contributed by atoms with Gasteiger partial charge >= 0.3 is 0 Å². The summed E-state index contributed by atoms with van der Waals surface area (Å²) in [4.78, 5) is 4.75. The highest BCUT2D eigenvalue weighted by molar-refractivity contribution is 5.57. The Morgan fingerprint density at radius 1 is 1.08 bits per heavy atom. The van der Waals surface area contributed by atoms with Crippen LogP contribution in [0.1, 0.15) is 31.0 Å². The van der Waals surface area contributed by atoms with Gasteiger partial charge in [-0.2, -0.15) is 0 Å². The lowest BCUT2D eigenvalue weighted by molar-refractivity contribution is 0.352. The molecule has 0 saturated carbocycles. The maximum absolute atomic E-state index is 5.52. The van der Waals surface area contributed by atoms with Gasteiger partial charge in [0.05, 0.1) is 19.9 Å². The van der Waals surface area contributed by atoms with Crippen LogP contribution < -0.4 is 14.8 Å². The molecule has 0 saturated heterocycles. The Morgan fingerprint density at radius 3 is 2.62 bits per heavy atom. The summed E-state index contributed by atoms with van der Waals surface area (Å²) >= 11 is 0. The number of hydrogen-bond donors (Lipinski definition) is 1. The average molecular weight is 325 g/mol. The van der Waals surface area contributed by atoms with Crippen LogP contribution >= 0.6 is 0 Å². The number of ether oxygens (including phenoxy) is 2. The first kappa shape index (κ1) is 16.2. The Morgan fingerprint density at radius 2 is 1.92 bits per heavy atom. The molecule has 2 heterocycles. The molecule has 0 radical (unpaired) electrons. The van der Waals surface area contributed by atoms with Crippen LogP contribution in [0.3, 0.4) is 0 Å². The molecule has 2 aromatic heterocycles. The molecule has 126 valence electrons. The molecule has 1 aromatic carbocycles. The molecular weight excluding hydrogens is 302 g/mol. The van der Waals surface area contributed by atoms with Crippen LogP contribution in [-0.4, -0.2) is 23.6 Å². The minimum absolute atomic E-state index is 0.333. The lowest BCUT2D eigenvalue weighted by Crippen LogP contribution is -2.07. The first-order valence-corrected chi connectivity index (χ1v) is 8.06. The lowest BCUT2D eigenvalue weighted by Gasteiger charge is -2.15. The van der Waals surface area contributed by atoms with Crippen molar-refractivity contribution in [2.45, 2.75) is 26.3 Å². The third kappa shape index (κ3) is 2.89. The number of pyridine rings is 1. The topological polar surface area (TPSA) is 47.8 Å². The summed E-state index contributed by atoms with van der Waals surface area (Å²) < 4.78 is 13.0. The van der Waals surface area contributed by atoms with Crippen molar-refractivity contribution in [3.8, 4) is 11.5 Å². The van der Waals surface area contributed by atoms with Gasteiger partial charge in [-0.3, -0.25) is 4.40 Å². The molecule has 5 nitrogen and oxygen atoms in total. The number of methoxy groups -OCH3 is 2. The molecule has 24 heavy (non-hydrogen) atoms. The zero-order valence-electron chi connectivity index (χ0n) is 14.5. The SMILES string of the molecule is COc1cccc(CNc2c(C(C)C)nc3ccccn23)c1OC. The van der Waals surface area contributed by atoms with Crippen molar-refractivity contribution in [2.24, 2.45) is 0 Å².